The van der Waals surface area contributed by atoms with Crippen molar-refractivity contribution in [2.75, 3.05) is 6.61 Å². The zero-order valence-corrected chi connectivity index (χ0v) is 11.2. The predicted molar refractivity (Wildman–Crippen MR) is 79.4 cm³/mol. The van der Waals surface area contributed by atoms with Gasteiger partial charge in [0.05, 0.1) is 6.61 Å². The summed E-state index contributed by atoms with van der Waals surface area (Å²) in [5.41, 5.74) is 3.72. The van der Waals surface area contributed by atoms with Gasteiger partial charge in [-0.3, -0.25) is 0 Å². The quantitative estimate of drug-likeness (QED) is 0.782. The van der Waals surface area contributed by atoms with Gasteiger partial charge in [-0.05, 0) is 23.6 Å². The second-order valence-corrected chi connectivity index (χ2v) is 5.49. The fraction of sp³-hybridized carbons (Fsp3) is 0.222. The number of hydrogen-bond acceptors (Lipinski definition) is 1. The molecule has 2 aromatic carbocycles. The van der Waals surface area contributed by atoms with Gasteiger partial charge in [0.2, 0.25) is 0 Å². The number of ether oxygens (including phenoxy) is 1. The summed E-state index contributed by atoms with van der Waals surface area (Å²) in [6.07, 6.45) is 0.925. The molecule has 0 saturated heterocycles. The Labute approximate surface area is 114 Å². The van der Waals surface area contributed by atoms with E-state index in [1.54, 1.807) is 0 Å². The fourth-order valence-electron chi connectivity index (χ4n) is 2.80. The van der Waals surface area contributed by atoms with Crippen LogP contribution >= 0.6 is 0 Å². The number of rotatable bonds is 3. The average Bonchev–Trinajstić information content (AvgIpc) is 2.78. The summed E-state index contributed by atoms with van der Waals surface area (Å²) in [6, 6.07) is 18.7. The van der Waals surface area contributed by atoms with Gasteiger partial charge in [-0.1, -0.05) is 62.0 Å². The van der Waals surface area contributed by atoms with E-state index in [0.717, 1.165) is 18.8 Å². The molecule has 1 aliphatic rings. The van der Waals surface area contributed by atoms with Crippen LogP contribution in [-0.4, -0.2) is 6.61 Å². The van der Waals surface area contributed by atoms with Gasteiger partial charge in [0.15, 0.2) is 0 Å². The summed E-state index contributed by atoms with van der Waals surface area (Å²) >= 11 is 0. The number of allylic oxidation sites excluding steroid dienone is 1. The van der Waals surface area contributed by atoms with E-state index >= 15 is 0 Å². The largest absolute Gasteiger partial charge is 0.492 e. The Morgan fingerprint density at radius 1 is 1.11 bits per heavy atom. The maximum absolute atomic E-state index is 5.81. The monoisotopic (exact) mass is 250 g/mol. The molecule has 0 amide bonds. The van der Waals surface area contributed by atoms with Crippen molar-refractivity contribution in [2.24, 2.45) is 0 Å². The minimum atomic E-state index is 0.0313. The lowest BCUT2D eigenvalue weighted by Gasteiger charge is -2.24. The van der Waals surface area contributed by atoms with Crippen LogP contribution < -0.4 is 4.74 Å². The standard InChI is InChI=1S/C18H18O/c1-14(15-8-4-3-5-9-15)12-18(2)13-19-17-11-7-6-10-16(17)18/h3-11H,1,12-13H2,2H3. The highest BCUT2D eigenvalue weighted by atomic mass is 16.5. The molecule has 1 atom stereocenters. The van der Waals surface area contributed by atoms with Crippen molar-refractivity contribution >= 4 is 5.57 Å². The molecular formula is C18H18O. The fourth-order valence-corrected chi connectivity index (χ4v) is 2.80. The van der Waals surface area contributed by atoms with Gasteiger partial charge in [0.25, 0.3) is 0 Å². The summed E-state index contributed by atoms with van der Waals surface area (Å²) < 4.78 is 5.81. The van der Waals surface area contributed by atoms with Gasteiger partial charge in [0.1, 0.15) is 5.75 Å². The lowest BCUT2D eigenvalue weighted by molar-refractivity contribution is 0.281. The lowest BCUT2D eigenvalue weighted by Crippen LogP contribution is -2.24. The Hall–Kier alpha value is -2.02. The first-order valence-electron chi connectivity index (χ1n) is 6.65. The zero-order chi connectivity index (χ0) is 13.3. The smallest absolute Gasteiger partial charge is 0.123 e. The van der Waals surface area contributed by atoms with Crippen molar-refractivity contribution in [3.63, 3.8) is 0 Å². The lowest BCUT2D eigenvalue weighted by atomic mass is 9.78. The van der Waals surface area contributed by atoms with Crippen LogP contribution in [0.5, 0.6) is 5.75 Å². The SMILES string of the molecule is C=C(CC1(C)COc2ccccc21)c1ccccc1. The average molecular weight is 250 g/mol. The highest BCUT2D eigenvalue weighted by molar-refractivity contribution is 5.65. The minimum absolute atomic E-state index is 0.0313. The van der Waals surface area contributed by atoms with E-state index in [9.17, 15) is 0 Å². The van der Waals surface area contributed by atoms with Crippen molar-refractivity contribution in [1.29, 1.82) is 0 Å². The summed E-state index contributed by atoms with van der Waals surface area (Å²) in [5, 5.41) is 0. The number of hydrogen-bond donors (Lipinski definition) is 0. The van der Waals surface area contributed by atoms with Crippen molar-refractivity contribution in [1.82, 2.24) is 0 Å². The Morgan fingerprint density at radius 2 is 1.79 bits per heavy atom. The molecule has 0 radical (unpaired) electrons. The van der Waals surface area contributed by atoms with Crippen molar-refractivity contribution < 1.29 is 4.74 Å². The molecule has 3 rings (SSSR count). The third-order valence-corrected chi connectivity index (χ3v) is 3.87. The first kappa shape index (κ1) is 12.0. The van der Waals surface area contributed by atoms with E-state index in [0.29, 0.717) is 0 Å². The van der Waals surface area contributed by atoms with Gasteiger partial charge in [-0.15, -0.1) is 0 Å². The van der Waals surface area contributed by atoms with E-state index < -0.39 is 0 Å². The van der Waals surface area contributed by atoms with Crippen LogP contribution in [0.25, 0.3) is 5.57 Å². The maximum Gasteiger partial charge on any atom is 0.123 e. The van der Waals surface area contributed by atoms with Gasteiger partial charge >= 0.3 is 0 Å². The molecule has 0 spiro atoms. The summed E-state index contributed by atoms with van der Waals surface area (Å²) in [5.74, 6) is 1.02. The van der Waals surface area contributed by atoms with Crippen LogP contribution in [0.15, 0.2) is 61.2 Å². The van der Waals surface area contributed by atoms with Crippen molar-refractivity contribution in [3.05, 3.63) is 72.3 Å². The van der Waals surface area contributed by atoms with E-state index in [2.05, 4.69) is 49.9 Å². The van der Waals surface area contributed by atoms with Crippen LogP contribution in [0.2, 0.25) is 0 Å². The third-order valence-electron chi connectivity index (χ3n) is 3.87. The Bertz CT molecular complexity index is 600. The summed E-state index contributed by atoms with van der Waals surface area (Å²) in [7, 11) is 0. The molecule has 0 N–H and O–H groups in total. The van der Waals surface area contributed by atoms with Gasteiger partial charge < -0.3 is 4.74 Å². The normalized spacial score (nSPS) is 20.7. The molecule has 1 nitrogen and oxygen atoms in total. The zero-order valence-electron chi connectivity index (χ0n) is 11.2. The van der Waals surface area contributed by atoms with Crippen LogP contribution in [0, 0.1) is 0 Å². The third kappa shape index (κ3) is 2.17. The molecule has 1 heterocycles. The number of fused-ring (bicyclic) bond motifs is 1. The Morgan fingerprint density at radius 3 is 2.58 bits per heavy atom. The van der Waals surface area contributed by atoms with Crippen molar-refractivity contribution in [2.45, 2.75) is 18.8 Å². The molecule has 0 aliphatic carbocycles. The topological polar surface area (TPSA) is 9.23 Å². The van der Waals surface area contributed by atoms with Gasteiger partial charge in [-0.25, -0.2) is 0 Å². The minimum Gasteiger partial charge on any atom is -0.492 e. The summed E-state index contributed by atoms with van der Waals surface area (Å²) in [4.78, 5) is 0. The highest BCUT2D eigenvalue weighted by Gasteiger charge is 2.36. The molecule has 0 aromatic heterocycles. The van der Waals surface area contributed by atoms with E-state index in [4.69, 9.17) is 4.74 Å². The van der Waals surface area contributed by atoms with Gasteiger partial charge in [-0.2, -0.15) is 0 Å². The Balaban J connectivity index is 1.86. The Kier molecular flexibility index (Phi) is 2.90. The molecular weight excluding hydrogens is 232 g/mol. The van der Waals surface area contributed by atoms with Crippen LogP contribution in [-0.2, 0) is 5.41 Å². The molecule has 2 aromatic rings. The molecule has 1 aliphatic heterocycles. The molecule has 0 fully saturated rings. The molecule has 1 unspecified atom stereocenters. The maximum atomic E-state index is 5.81. The molecule has 0 bridgehead atoms. The van der Waals surface area contributed by atoms with E-state index in [-0.39, 0.29) is 5.41 Å². The van der Waals surface area contributed by atoms with Crippen LogP contribution in [0.4, 0.5) is 0 Å². The molecule has 1 heteroatoms. The van der Waals surface area contributed by atoms with Crippen LogP contribution in [0.1, 0.15) is 24.5 Å². The first-order valence-corrected chi connectivity index (χ1v) is 6.65. The first-order chi connectivity index (χ1) is 9.19. The van der Waals surface area contributed by atoms with Crippen LogP contribution in [0.3, 0.4) is 0 Å². The highest BCUT2D eigenvalue weighted by Crippen LogP contribution is 2.43. The molecule has 19 heavy (non-hydrogen) atoms. The van der Waals surface area contributed by atoms with E-state index in [1.807, 2.05) is 18.2 Å². The summed E-state index contributed by atoms with van der Waals surface area (Å²) in [6.45, 7) is 7.24. The van der Waals surface area contributed by atoms with E-state index in [1.165, 1.54) is 16.7 Å². The second kappa shape index (κ2) is 4.58. The number of para-hydroxylation sites is 1. The molecule has 0 saturated carbocycles. The second-order valence-electron chi connectivity index (χ2n) is 5.49. The number of benzene rings is 2. The van der Waals surface area contributed by atoms with Gasteiger partial charge in [0, 0.05) is 11.0 Å². The van der Waals surface area contributed by atoms with Crippen molar-refractivity contribution in [3.8, 4) is 5.75 Å². The predicted octanol–water partition coefficient (Wildman–Crippen LogP) is 4.44. The molecule has 96 valence electrons.